The highest BCUT2D eigenvalue weighted by Crippen LogP contribution is 2.12. The van der Waals surface area contributed by atoms with E-state index in [4.69, 9.17) is 0 Å². The molecule has 0 radical (unpaired) electrons. The van der Waals surface area contributed by atoms with Crippen LogP contribution < -0.4 is 5.32 Å². The average molecular weight is 239 g/mol. The molecule has 2 nitrogen and oxygen atoms in total. The molecule has 0 aliphatic carbocycles. The average Bonchev–Trinajstić information content (AvgIpc) is 2.29. The largest absolute Gasteiger partial charge is 0.316 e. The molecule has 0 fully saturated rings. The van der Waals surface area contributed by atoms with E-state index in [9.17, 15) is 4.21 Å². The highest BCUT2D eigenvalue weighted by Gasteiger charge is 2.03. The van der Waals surface area contributed by atoms with Gasteiger partial charge in [0.2, 0.25) is 0 Å². The van der Waals surface area contributed by atoms with Crippen LogP contribution >= 0.6 is 0 Å². The summed E-state index contributed by atoms with van der Waals surface area (Å²) < 4.78 is 10.8. The van der Waals surface area contributed by atoms with Crippen molar-refractivity contribution in [2.24, 2.45) is 0 Å². The van der Waals surface area contributed by atoms with Crippen molar-refractivity contribution in [1.29, 1.82) is 0 Å². The molecule has 0 aliphatic rings. The third-order valence-corrected chi connectivity index (χ3v) is 3.47. The molecule has 0 aromatic heterocycles. The minimum atomic E-state index is -0.656. The molecule has 1 aromatic rings. The van der Waals surface area contributed by atoms with Crippen LogP contribution in [0.3, 0.4) is 0 Å². The van der Waals surface area contributed by atoms with Crippen LogP contribution in [0.15, 0.2) is 30.3 Å². The fourth-order valence-electron chi connectivity index (χ4n) is 1.62. The third kappa shape index (κ3) is 5.42. The molecule has 3 heteroatoms. The Morgan fingerprint density at radius 2 is 2.00 bits per heavy atom. The van der Waals surface area contributed by atoms with Gasteiger partial charge in [0.15, 0.2) is 0 Å². The second-order valence-electron chi connectivity index (χ2n) is 4.15. The Balaban J connectivity index is 2.16. The number of benzene rings is 1. The summed E-state index contributed by atoms with van der Waals surface area (Å²) in [6.45, 7) is 4.16. The maximum absolute atomic E-state index is 10.8. The normalized spacial score (nSPS) is 14.6. The molecular formula is C13H21NOS. The lowest BCUT2D eigenvalue weighted by Gasteiger charge is -2.12. The Morgan fingerprint density at radius 1 is 1.31 bits per heavy atom. The van der Waals surface area contributed by atoms with Gasteiger partial charge in [-0.05, 0) is 24.4 Å². The van der Waals surface area contributed by atoms with Crippen molar-refractivity contribution in [3.8, 4) is 0 Å². The molecule has 0 heterocycles. The predicted molar refractivity (Wildman–Crippen MR) is 71.3 cm³/mol. The summed E-state index contributed by atoms with van der Waals surface area (Å²) in [6.07, 6.45) is 2.75. The smallest absolute Gasteiger partial charge is 0.0244 e. The SMILES string of the molecule is CC(CNCCCS(C)=O)c1ccccc1. The molecule has 0 saturated carbocycles. The van der Waals surface area contributed by atoms with Crippen molar-refractivity contribution in [2.45, 2.75) is 19.3 Å². The molecule has 90 valence electrons. The van der Waals surface area contributed by atoms with Crippen molar-refractivity contribution in [2.75, 3.05) is 25.1 Å². The summed E-state index contributed by atoms with van der Waals surface area (Å²) in [6, 6.07) is 10.5. The van der Waals surface area contributed by atoms with Gasteiger partial charge in [0.1, 0.15) is 0 Å². The lowest BCUT2D eigenvalue weighted by molar-refractivity contribution is 0.608. The van der Waals surface area contributed by atoms with Gasteiger partial charge in [-0.15, -0.1) is 0 Å². The highest BCUT2D eigenvalue weighted by molar-refractivity contribution is 7.84. The van der Waals surface area contributed by atoms with E-state index < -0.39 is 10.8 Å². The van der Waals surface area contributed by atoms with Crippen LogP contribution in [0.4, 0.5) is 0 Å². The summed E-state index contributed by atoms with van der Waals surface area (Å²) in [4.78, 5) is 0. The fourth-order valence-corrected chi connectivity index (χ4v) is 2.17. The molecule has 16 heavy (non-hydrogen) atoms. The first-order chi connectivity index (χ1) is 7.70. The van der Waals surface area contributed by atoms with E-state index in [1.54, 1.807) is 6.26 Å². The monoisotopic (exact) mass is 239 g/mol. The first-order valence-corrected chi connectivity index (χ1v) is 7.48. The first kappa shape index (κ1) is 13.4. The van der Waals surface area contributed by atoms with E-state index >= 15 is 0 Å². The molecule has 1 N–H and O–H groups in total. The van der Waals surface area contributed by atoms with Gasteiger partial charge in [0.05, 0.1) is 0 Å². The molecule has 0 aliphatic heterocycles. The molecule has 0 saturated heterocycles. The molecule has 1 rings (SSSR count). The maximum atomic E-state index is 10.8. The van der Waals surface area contributed by atoms with Gasteiger partial charge in [-0.3, -0.25) is 4.21 Å². The van der Waals surface area contributed by atoms with Gasteiger partial charge in [-0.2, -0.15) is 0 Å². The minimum Gasteiger partial charge on any atom is -0.316 e. The first-order valence-electron chi connectivity index (χ1n) is 5.76. The Morgan fingerprint density at radius 3 is 2.62 bits per heavy atom. The number of hydrogen-bond donors (Lipinski definition) is 1. The van der Waals surface area contributed by atoms with E-state index in [0.717, 1.165) is 25.3 Å². The molecule has 2 unspecified atom stereocenters. The second-order valence-corrected chi connectivity index (χ2v) is 5.70. The highest BCUT2D eigenvalue weighted by atomic mass is 32.2. The van der Waals surface area contributed by atoms with Crippen LogP contribution in [0.25, 0.3) is 0 Å². The Bertz CT molecular complexity index is 313. The summed E-state index contributed by atoms with van der Waals surface area (Å²) >= 11 is 0. The van der Waals surface area contributed by atoms with E-state index in [1.807, 2.05) is 6.07 Å². The van der Waals surface area contributed by atoms with Crippen LogP contribution in [-0.4, -0.2) is 29.3 Å². The molecule has 1 aromatic carbocycles. The molecule has 0 amide bonds. The maximum Gasteiger partial charge on any atom is 0.0244 e. The Kier molecular flexibility index (Phi) is 6.34. The van der Waals surface area contributed by atoms with Gasteiger partial charge >= 0.3 is 0 Å². The zero-order chi connectivity index (χ0) is 11.8. The van der Waals surface area contributed by atoms with Gasteiger partial charge in [-0.25, -0.2) is 0 Å². The second kappa shape index (κ2) is 7.58. The minimum absolute atomic E-state index is 0.535. The summed E-state index contributed by atoms with van der Waals surface area (Å²) in [5.74, 6) is 1.33. The van der Waals surface area contributed by atoms with Crippen LogP contribution in [-0.2, 0) is 10.8 Å². The standard InChI is InChI=1S/C13H21NOS/c1-12(13-7-4-3-5-8-13)11-14-9-6-10-16(2)15/h3-5,7-8,12,14H,6,9-11H2,1-2H3. The Labute approximate surface area is 101 Å². The molecule has 0 spiro atoms. The number of nitrogens with one attached hydrogen (secondary N) is 1. The summed E-state index contributed by atoms with van der Waals surface area (Å²) in [5, 5.41) is 3.40. The lowest BCUT2D eigenvalue weighted by Crippen LogP contribution is -2.22. The zero-order valence-electron chi connectivity index (χ0n) is 10.1. The van der Waals surface area contributed by atoms with Crippen molar-refractivity contribution in [3.05, 3.63) is 35.9 Å². The quantitative estimate of drug-likeness (QED) is 0.739. The number of rotatable bonds is 7. The van der Waals surface area contributed by atoms with Crippen molar-refractivity contribution in [1.82, 2.24) is 5.32 Å². The van der Waals surface area contributed by atoms with Crippen LogP contribution in [0, 0.1) is 0 Å². The topological polar surface area (TPSA) is 29.1 Å². The van der Waals surface area contributed by atoms with E-state index in [1.165, 1.54) is 5.56 Å². The van der Waals surface area contributed by atoms with Gasteiger partial charge < -0.3 is 5.32 Å². The zero-order valence-corrected chi connectivity index (χ0v) is 10.9. The van der Waals surface area contributed by atoms with Crippen molar-refractivity contribution in [3.63, 3.8) is 0 Å². The predicted octanol–water partition coefficient (Wildman–Crippen LogP) is 2.15. The van der Waals surface area contributed by atoms with Crippen molar-refractivity contribution < 1.29 is 4.21 Å². The molecule has 0 bridgehead atoms. The van der Waals surface area contributed by atoms with E-state index in [-0.39, 0.29) is 0 Å². The van der Waals surface area contributed by atoms with Crippen LogP contribution in [0.1, 0.15) is 24.8 Å². The van der Waals surface area contributed by atoms with E-state index in [0.29, 0.717) is 5.92 Å². The third-order valence-electron chi connectivity index (χ3n) is 2.60. The molecular weight excluding hydrogens is 218 g/mol. The fraction of sp³-hybridized carbons (Fsp3) is 0.538. The number of hydrogen-bond acceptors (Lipinski definition) is 2. The van der Waals surface area contributed by atoms with Crippen LogP contribution in [0.5, 0.6) is 0 Å². The van der Waals surface area contributed by atoms with Gasteiger partial charge in [0.25, 0.3) is 0 Å². The summed E-state index contributed by atoms with van der Waals surface area (Å²) in [5.41, 5.74) is 1.37. The van der Waals surface area contributed by atoms with Gasteiger partial charge in [0, 0.05) is 29.4 Å². The van der Waals surface area contributed by atoms with Gasteiger partial charge in [-0.1, -0.05) is 37.3 Å². The Hall–Kier alpha value is -0.670. The van der Waals surface area contributed by atoms with Crippen molar-refractivity contribution >= 4 is 10.8 Å². The summed E-state index contributed by atoms with van der Waals surface area (Å²) in [7, 11) is -0.656. The molecule has 2 atom stereocenters. The van der Waals surface area contributed by atoms with E-state index in [2.05, 4.69) is 36.5 Å². The van der Waals surface area contributed by atoms with Crippen LogP contribution in [0.2, 0.25) is 0 Å². The lowest BCUT2D eigenvalue weighted by atomic mass is 10.0.